The highest BCUT2D eigenvalue weighted by molar-refractivity contribution is 6.30. The maximum absolute atomic E-state index is 6.06. The first-order valence-electron chi connectivity index (χ1n) is 8.92. The number of halogens is 1. The zero-order chi connectivity index (χ0) is 18.9. The normalized spacial score (nSPS) is 11.0. The molecule has 0 amide bonds. The molecule has 0 atom stereocenters. The van der Waals surface area contributed by atoms with Gasteiger partial charge in [0, 0.05) is 22.3 Å². The van der Waals surface area contributed by atoms with Gasteiger partial charge in [-0.1, -0.05) is 72.3 Å². The second kappa shape index (κ2) is 6.91. The average Bonchev–Trinajstić information content (AvgIpc) is 3.14. The summed E-state index contributed by atoms with van der Waals surface area (Å²) < 4.78 is 1.87. The Balaban J connectivity index is 1.77. The van der Waals surface area contributed by atoms with Crippen molar-refractivity contribution in [3.63, 3.8) is 0 Å². The summed E-state index contributed by atoms with van der Waals surface area (Å²) in [6.07, 6.45) is 1.85. The Hall–Kier alpha value is -3.50. The van der Waals surface area contributed by atoms with Gasteiger partial charge in [-0.25, -0.2) is 14.6 Å². The van der Waals surface area contributed by atoms with E-state index in [2.05, 4.69) is 4.98 Å². The van der Waals surface area contributed by atoms with Crippen molar-refractivity contribution in [3.05, 3.63) is 96.1 Å². The van der Waals surface area contributed by atoms with Crippen LogP contribution in [0.4, 0.5) is 0 Å². The van der Waals surface area contributed by atoms with E-state index in [1.54, 1.807) is 0 Å². The lowest BCUT2D eigenvalue weighted by molar-refractivity contribution is 0.900. The second-order valence-corrected chi connectivity index (χ2v) is 6.84. The summed E-state index contributed by atoms with van der Waals surface area (Å²) in [4.78, 5) is 9.45. The van der Waals surface area contributed by atoms with Gasteiger partial charge in [-0.2, -0.15) is 5.10 Å². The van der Waals surface area contributed by atoms with E-state index < -0.39 is 0 Å². The van der Waals surface area contributed by atoms with Crippen molar-refractivity contribution in [1.29, 1.82) is 0 Å². The van der Waals surface area contributed by atoms with Crippen LogP contribution in [-0.4, -0.2) is 19.7 Å². The van der Waals surface area contributed by atoms with Gasteiger partial charge in [-0.15, -0.1) is 0 Å². The third kappa shape index (κ3) is 2.94. The van der Waals surface area contributed by atoms with E-state index in [1.165, 1.54) is 0 Å². The van der Waals surface area contributed by atoms with E-state index in [4.69, 9.17) is 21.7 Å². The number of hydrogen-bond donors (Lipinski definition) is 0. The molecule has 5 aromatic rings. The Morgan fingerprint density at radius 1 is 0.714 bits per heavy atom. The molecule has 0 fully saturated rings. The maximum Gasteiger partial charge on any atom is 0.167 e. The summed E-state index contributed by atoms with van der Waals surface area (Å²) in [6.45, 7) is 0. The van der Waals surface area contributed by atoms with Crippen LogP contribution in [0.2, 0.25) is 5.02 Å². The van der Waals surface area contributed by atoms with E-state index in [-0.39, 0.29) is 0 Å². The number of aromatic nitrogens is 4. The van der Waals surface area contributed by atoms with Crippen molar-refractivity contribution in [2.75, 3.05) is 0 Å². The van der Waals surface area contributed by atoms with Gasteiger partial charge in [0.1, 0.15) is 5.69 Å². The monoisotopic (exact) mass is 382 g/mol. The van der Waals surface area contributed by atoms with Crippen LogP contribution < -0.4 is 0 Å². The van der Waals surface area contributed by atoms with Gasteiger partial charge in [-0.3, -0.25) is 0 Å². The molecule has 0 unspecified atom stereocenters. The fourth-order valence-corrected chi connectivity index (χ4v) is 3.33. The molecule has 0 aliphatic carbocycles. The first-order chi connectivity index (χ1) is 13.8. The lowest BCUT2D eigenvalue weighted by Crippen LogP contribution is -1.99. The van der Waals surface area contributed by atoms with E-state index in [0.717, 1.165) is 33.5 Å². The fourth-order valence-electron chi connectivity index (χ4n) is 3.20. The molecule has 0 aliphatic heterocycles. The summed E-state index contributed by atoms with van der Waals surface area (Å²) in [5, 5.41) is 6.45. The zero-order valence-corrected chi connectivity index (χ0v) is 15.6. The number of para-hydroxylation sites is 1. The van der Waals surface area contributed by atoms with E-state index >= 15 is 0 Å². The Kier molecular flexibility index (Phi) is 4.11. The molecule has 0 spiro atoms. The van der Waals surface area contributed by atoms with Gasteiger partial charge >= 0.3 is 0 Å². The van der Waals surface area contributed by atoms with Gasteiger partial charge in [-0.05, 0) is 24.3 Å². The van der Waals surface area contributed by atoms with E-state index in [0.29, 0.717) is 10.8 Å². The summed E-state index contributed by atoms with van der Waals surface area (Å²) in [5.41, 5.74) is 4.49. The second-order valence-electron chi connectivity index (χ2n) is 6.40. The largest absolute Gasteiger partial charge is 0.236 e. The Labute approximate surface area is 167 Å². The number of nitrogens with zero attached hydrogens (tertiary/aromatic N) is 4. The third-order valence-corrected chi connectivity index (χ3v) is 4.83. The summed E-state index contributed by atoms with van der Waals surface area (Å²) in [5.74, 6) is 0.674. The molecule has 5 heteroatoms. The molecule has 0 N–H and O–H groups in total. The van der Waals surface area contributed by atoms with Crippen molar-refractivity contribution in [2.24, 2.45) is 0 Å². The van der Waals surface area contributed by atoms with Crippen molar-refractivity contribution < 1.29 is 0 Å². The number of hydrogen-bond acceptors (Lipinski definition) is 3. The van der Waals surface area contributed by atoms with Gasteiger partial charge in [0.15, 0.2) is 11.5 Å². The smallest absolute Gasteiger partial charge is 0.167 e. The standard InChI is InChI=1S/C23H15ClN4/c24-18-13-11-16(12-14-18)21-20-15-25-22(17-7-3-1-4-8-17)26-23(20)28(27-21)19-9-5-2-6-10-19/h1-15H. The highest BCUT2D eigenvalue weighted by Gasteiger charge is 2.16. The molecule has 3 aromatic carbocycles. The first kappa shape index (κ1) is 16.7. The van der Waals surface area contributed by atoms with Gasteiger partial charge < -0.3 is 0 Å². The molecule has 0 radical (unpaired) electrons. The molecule has 2 aromatic heterocycles. The molecule has 2 heterocycles. The lowest BCUT2D eigenvalue weighted by Gasteiger charge is -2.04. The van der Waals surface area contributed by atoms with Gasteiger partial charge in [0.2, 0.25) is 0 Å². The quantitative estimate of drug-likeness (QED) is 0.396. The fraction of sp³-hybridized carbons (Fsp3) is 0. The molecular weight excluding hydrogens is 368 g/mol. The molecule has 0 saturated heterocycles. The minimum atomic E-state index is 0.674. The minimum Gasteiger partial charge on any atom is -0.236 e. The number of benzene rings is 3. The molecule has 0 aliphatic rings. The summed E-state index contributed by atoms with van der Waals surface area (Å²) in [7, 11) is 0. The predicted octanol–water partition coefficient (Wildman–Crippen LogP) is 5.80. The third-order valence-electron chi connectivity index (χ3n) is 4.57. The van der Waals surface area contributed by atoms with E-state index in [1.807, 2.05) is 95.8 Å². The van der Waals surface area contributed by atoms with Gasteiger partial charge in [0.05, 0.1) is 11.1 Å². The van der Waals surface area contributed by atoms with Crippen LogP contribution in [0.5, 0.6) is 0 Å². The molecule has 0 bridgehead atoms. The van der Waals surface area contributed by atoms with Crippen molar-refractivity contribution >= 4 is 22.6 Å². The predicted molar refractivity (Wildman–Crippen MR) is 113 cm³/mol. The van der Waals surface area contributed by atoms with Crippen LogP contribution in [0.25, 0.3) is 39.4 Å². The Bertz CT molecular complexity index is 1250. The van der Waals surface area contributed by atoms with Crippen molar-refractivity contribution in [1.82, 2.24) is 19.7 Å². The molecular formula is C23H15ClN4. The topological polar surface area (TPSA) is 43.6 Å². The molecule has 134 valence electrons. The Morgan fingerprint density at radius 2 is 1.39 bits per heavy atom. The van der Waals surface area contributed by atoms with Crippen LogP contribution in [0, 0.1) is 0 Å². The van der Waals surface area contributed by atoms with Crippen LogP contribution in [0.3, 0.4) is 0 Å². The van der Waals surface area contributed by atoms with E-state index in [9.17, 15) is 0 Å². The lowest BCUT2D eigenvalue weighted by atomic mass is 10.1. The first-order valence-corrected chi connectivity index (χ1v) is 9.30. The van der Waals surface area contributed by atoms with Crippen LogP contribution in [0.1, 0.15) is 0 Å². The minimum absolute atomic E-state index is 0.674. The molecule has 5 rings (SSSR count). The highest BCUT2D eigenvalue weighted by atomic mass is 35.5. The van der Waals surface area contributed by atoms with Crippen LogP contribution >= 0.6 is 11.6 Å². The molecule has 0 saturated carbocycles. The summed E-state index contributed by atoms with van der Waals surface area (Å²) in [6, 6.07) is 27.6. The van der Waals surface area contributed by atoms with Crippen molar-refractivity contribution in [3.8, 4) is 28.3 Å². The zero-order valence-electron chi connectivity index (χ0n) is 14.8. The SMILES string of the molecule is Clc1ccc(-c2nn(-c3ccccc3)c3nc(-c4ccccc4)ncc23)cc1. The number of fused-ring (bicyclic) bond motifs is 1. The average molecular weight is 383 g/mol. The maximum atomic E-state index is 6.06. The van der Waals surface area contributed by atoms with Crippen LogP contribution in [0.15, 0.2) is 91.1 Å². The number of rotatable bonds is 3. The highest BCUT2D eigenvalue weighted by Crippen LogP contribution is 2.30. The Morgan fingerprint density at radius 3 is 2.11 bits per heavy atom. The molecule has 4 nitrogen and oxygen atoms in total. The van der Waals surface area contributed by atoms with Gasteiger partial charge in [0.25, 0.3) is 0 Å². The summed E-state index contributed by atoms with van der Waals surface area (Å²) >= 11 is 6.06. The van der Waals surface area contributed by atoms with Crippen molar-refractivity contribution in [2.45, 2.75) is 0 Å². The van der Waals surface area contributed by atoms with Crippen LogP contribution in [-0.2, 0) is 0 Å². The molecule has 28 heavy (non-hydrogen) atoms.